The summed E-state index contributed by atoms with van der Waals surface area (Å²) in [5, 5.41) is 29.7. The minimum atomic E-state index is 0.188. The topological polar surface area (TPSA) is 64.5 Å². The second-order valence-corrected chi connectivity index (χ2v) is 6.42. The Morgan fingerprint density at radius 3 is 1.84 bits per heavy atom. The summed E-state index contributed by atoms with van der Waals surface area (Å²) >= 11 is 0. The van der Waals surface area contributed by atoms with Crippen molar-refractivity contribution < 1.29 is 10.2 Å². The molecule has 0 fully saturated rings. The van der Waals surface area contributed by atoms with Crippen molar-refractivity contribution in [3.05, 3.63) is 48.0 Å². The van der Waals surface area contributed by atoms with Gasteiger partial charge in [-0.3, -0.25) is 0 Å². The van der Waals surface area contributed by atoms with Crippen molar-refractivity contribution in [2.24, 2.45) is 0 Å². The van der Waals surface area contributed by atoms with E-state index in [0.29, 0.717) is 0 Å². The lowest BCUT2D eigenvalue weighted by molar-refractivity contribution is 0.292. The Balaban J connectivity index is 2.08. The second-order valence-electron chi connectivity index (χ2n) is 6.42. The smallest absolute Gasteiger partial charge is 0.0447 e. The van der Waals surface area contributed by atoms with Crippen LogP contribution in [0.1, 0.15) is 18.4 Å². The van der Waals surface area contributed by atoms with Gasteiger partial charge in [0.15, 0.2) is 0 Å². The van der Waals surface area contributed by atoms with Crippen molar-refractivity contribution in [3.8, 4) is 0 Å². The van der Waals surface area contributed by atoms with Crippen LogP contribution >= 0.6 is 0 Å². The molecule has 0 amide bonds. The molecule has 4 nitrogen and oxygen atoms in total. The van der Waals surface area contributed by atoms with E-state index in [1.807, 2.05) is 0 Å². The number of nitrogens with one attached hydrogen (secondary N) is 2. The molecular weight excluding hydrogens is 312 g/mol. The Labute approximate surface area is 148 Å². The number of fused-ring (bicyclic) bond motifs is 2. The molecule has 0 aliphatic rings. The van der Waals surface area contributed by atoms with Gasteiger partial charge in [-0.2, -0.15) is 0 Å². The van der Waals surface area contributed by atoms with E-state index in [1.54, 1.807) is 0 Å². The zero-order valence-corrected chi connectivity index (χ0v) is 14.7. The Morgan fingerprint density at radius 2 is 1.28 bits per heavy atom. The van der Waals surface area contributed by atoms with Crippen LogP contribution in [-0.2, 0) is 0 Å². The van der Waals surface area contributed by atoms with Gasteiger partial charge in [0.2, 0.25) is 0 Å². The van der Waals surface area contributed by atoms with Gasteiger partial charge in [0.05, 0.1) is 0 Å². The number of aliphatic hydroxyl groups is 2. The maximum absolute atomic E-state index is 9.02. The number of hydrogen-bond acceptors (Lipinski definition) is 4. The normalized spacial score (nSPS) is 11.2. The highest BCUT2D eigenvalue weighted by molar-refractivity contribution is 6.09. The molecule has 0 bridgehead atoms. The van der Waals surface area contributed by atoms with E-state index in [2.05, 4.69) is 60.0 Å². The highest BCUT2D eigenvalue weighted by Gasteiger charge is 2.08. The van der Waals surface area contributed by atoms with Crippen LogP contribution in [0.2, 0.25) is 0 Å². The largest absolute Gasteiger partial charge is 0.396 e. The zero-order chi connectivity index (χ0) is 17.6. The van der Waals surface area contributed by atoms with Gasteiger partial charge < -0.3 is 20.8 Å². The van der Waals surface area contributed by atoms with Gasteiger partial charge in [0.25, 0.3) is 0 Å². The molecule has 0 unspecified atom stereocenters. The lowest BCUT2D eigenvalue weighted by Gasteiger charge is -2.15. The summed E-state index contributed by atoms with van der Waals surface area (Å²) in [6.45, 7) is 3.97. The molecule has 0 atom stereocenters. The van der Waals surface area contributed by atoms with Crippen LogP contribution in [0.15, 0.2) is 42.5 Å². The van der Waals surface area contributed by atoms with E-state index in [4.69, 9.17) is 10.2 Å². The summed E-state index contributed by atoms with van der Waals surface area (Å²) in [6, 6.07) is 15.1. The molecule has 0 aliphatic carbocycles. The van der Waals surface area contributed by atoms with Crippen molar-refractivity contribution in [2.75, 3.05) is 36.9 Å². The molecule has 0 spiro atoms. The first-order valence-electron chi connectivity index (χ1n) is 8.89. The molecule has 4 heteroatoms. The third-order valence-electron chi connectivity index (χ3n) is 4.43. The lowest BCUT2D eigenvalue weighted by Crippen LogP contribution is -2.06. The van der Waals surface area contributed by atoms with Gasteiger partial charge in [-0.15, -0.1) is 0 Å². The maximum Gasteiger partial charge on any atom is 0.0447 e. The Bertz CT molecular complexity index is 861. The Kier molecular flexibility index (Phi) is 5.74. The number of aliphatic hydroxyl groups excluding tert-OH is 2. The number of anilines is 2. The molecule has 132 valence electrons. The highest BCUT2D eigenvalue weighted by atomic mass is 16.3. The minimum Gasteiger partial charge on any atom is -0.396 e. The van der Waals surface area contributed by atoms with E-state index >= 15 is 0 Å². The van der Waals surface area contributed by atoms with Gasteiger partial charge >= 0.3 is 0 Å². The molecule has 4 N–H and O–H groups in total. The summed E-state index contributed by atoms with van der Waals surface area (Å²) in [6.07, 6.45) is 1.45. The molecule has 0 heterocycles. The molecule has 0 aliphatic heterocycles. The fourth-order valence-corrected chi connectivity index (χ4v) is 3.12. The van der Waals surface area contributed by atoms with Crippen LogP contribution in [-0.4, -0.2) is 36.5 Å². The van der Waals surface area contributed by atoms with Gasteiger partial charge in [-0.1, -0.05) is 23.8 Å². The van der Waals surface area contributed by atoms with Gasteiger partial charge in [0, 0.05) is 48.5 Å². The summed E-state index contributed by atoms with van der Waals surface area (Å²) in [5.74, 6) is 0. The standard InChI is InChI=1S/C21H26N2O2/c1-15-4-5-16-13-18-19(14-17(16)12-15)21(23-9-3-11-25)7-6-20(18)22-8-2-10-24/h4-7,12-14,22-25H,2-3,8-11H2,1H3. The first-order chi connectivity index (χ1) is 12.2. The summed E-state index contributed by atoms with van der Waals surface area (Å²) in [4.78, 5) is 0. The second kappa shape index (κ2) is 8.19. The molecule has 0 aromatic heterocycles. The van der Waals surface area contributed by atoms with E-state index in [0.717, 1.165) is 37.3 Å². The molecule has 25 heavy (non-hydrogen) atoms. The predicted molar refractivity (Wildman–Crippen MR) is 107 cm³/mol. The van der Waals surface area contributed by atoms with Crippen molar-refractivity contribution >= 4 is 32.9 Å². The monoisotopic (exact) mass is 338 g/mol. The third-order valence-corrected chi connectivity index (χ3v) is 4.43. The molecule has 0 saturated carbocycles. The van der Waals surface area contributed by atoms with E-state index in [9.17, 15) is 0 Å². The van der Waals surface area contributed by atoms with E-state index in [1.165, 1.54) is 27.1 Å². The highest BCUT2D eigenvalue weighted by Crippen LogP contribution is 2.34. The van der Waals surface area contributed by atoms with Gasteiger partial charge in [0.1, 0.15) is 0 Å². The van der Waals surface area contributed by atoms with Crippen LogP contribution in [0, 0.1) is 6.92 Å². The summed E-state index contributed by atoms with van der Waals surface area (Å²) < 4.78 is 0. The van der Waals surface area contributed by atoms with Gasteiger partial charge in [-0.25, -0.2) is 0 Å². The maximum atomic E-state index is 9.02. The van der Waals surface area contributed by atoms with Crippen molar-refractivity contribution in [3.63, 3.8) is 0 Å². The van der Waals surface area contributed by atoms with Crippen molar-refractivity contribution in [1.29, 1.82) is 0 Å². The SMILES string of the molecule is Cc1ccc2cc3c(NCCCO)ccc(NCCCO)c3cc2c1. The molecule has 3 rings (SSSR count). The number of rotatable bonds is 8. The summed E-state index contributed by atoms with van der Waals surface area (Å²) in [7, 11) is 0. The van der Waals surface area contributed by atoms with Crippen molar-refractivity contribution in [2.45, 2.75) is 19.8 Å². The molecule has 0 saturated heterocycles. The molecule has 0 radical (unpaired) electrons. The zero-order valence-electron chi connectivity index (χ0n) is 14.7. The van der Waals surface area contributed by atoms with Crippen LogP contribution in [0.4, 0.5) is 11.4 Å². The first-order valence-corrected chi connectivity index (χ1v) is 8.89. The number of aryl methyl sites for hydroxylation is 1. The van der Waals surface area contributed by atoms with Gasteiger partial charge in [-0.05, 0) is 54.8 Å². The van der Waals surface area contributed by atoms with E-state index < -0.39 is 0 Å². The minimum absolute atomic E-state index is 0.188. The lowest BCUT2D eigenvalue weighted by atomic mass is 9.99. The summed E-state index contributed by atoms with van der Waals surface area (Å²) in [5.41, 5.74) is 3.41. The quantitative estimate of drug-likeness (QED) is 0.372. The van der Waals surface area contributed by atoms with Crippen LogP contribution in [0.25, 0.3) is 21.5 Å². The van der Waals surface area contributed by atoms with E-state index in [-0.39, 0.29) is 13.2 Å². The molecule has 3 aromatic carbocycles. The average Bonchev–Trinajstić information content (AvgIpc) is 2.62. The van der Waals surface area contributed by atoms with Crippen molar-refractivity contribution in [1.82, 2.24) is 0 Å². The predicted octanol–water partition coefficient (Wildman–Crippen LogP) is 3.89. The van der Waals surface area contributed by atoms with Crippen LogP contribution in [0.5, 0.6) is 0 Å². The number of benzene rings is 3. The Morgan fingerprint density at radius 1 is 0.720 bits per heavy atom. The fraction of sp³-hybridized carbons (Fsp3) is 0.333. The average molecular weight is 338 g/mol. The number of hydrogen-bond donors (Lipinski definition) is 4. The Hall–Kier alpha value is -2.30. The fourth-order valence-electron chi connectivity index (χ4n) is 3.12. The van der Waals surface area contributed by atoms with Crippen LogP contribution in [0.3, 0.4) is 0 Å². The molecular formula is C21H26N2O2. The third kappa shape index (κ3) is 4.03. The molecule has 3 aromatic rings. The van der Waals surface area contributed by atoms with Crippen LogP contribution < -0.4 is 10.6 Å². The first kappa shape index (κ1) is 17.5.